The zero-order chi connectivity index (χ0) is 20.9. The molecule has 4 rings (SSSR count). The fraction of sp³-hybridized carbons (Fsp3) is 0.174. The van der Waals surface area contributed by atoms with Gasteiger partial charge in [0.25, 0.3) is 0 Å². The molecule has 30 heavy (non-hydrogen) atoms. The number of benzene rings is 2. The van der Waals surface area contributed by atoms with E-state index in [9.17, 15) is 9.18 Å². The minimum absolute atomic E-state index is 0.120. The minimum Gasteiger partial charge on any atom is -0.332 e. The third-order valence-electron chi connectivity index (χ3n) is 4.89. The Bertz CT molecular complexity index is 1140. The summed E-state index contributed by atoms with van der Waals surface area (Å²) in [4.78, 5) is 21.5. The van der Waals surface area contributed by atoms with Gasteiger partial charge in [-0.25, -0.2) is 19.2 Å². The number of rotatable bonds is 6. The van der Waals surface area contributed by atoms with Crippen LogP contribution in [0.1, 0.15) is 29.9 Å². The first-order valence-electron chi connectivity index (χ1n) is 9.74. The first-order valence-corrected chi connectivity index (χ1v) is 9.74. The van der Waals surface area contributed by atoms with Crippen LogP contribution in [-0.4, -0.2) is 20.6 Å². The Labute approximate surface area is 173 Å². The Balaban J connectivity index is 1.49. The maximum Gasteiger partial charge on any atom is 0.315 e. The van der Waals surface area contributed by atoms with Crippen molar-refractivity contribution in [2.75, 3.05) is 0 Å². The molecule has 1 atom stereocenters. The Morgan fingerprint density at radius 2 is 1.83 bits per heavy atom. The fourth-order valence-corrected chi connectivity index (χ4v) is 3.31. The first kappa shape index (κ1) is 19.6. The van der Waals surface area contributed by atoms with E-state index in [0.29, 0.717) is 12.4 Å². The van der Waals surface area contributed by atoms with Gasteiger partial charge in [-0.05, 0) is 42.3 Å². The van der Waals surface area contributed by atoms with Gasteiger partial charge in [-0.1, -0.05) is 42.5 Å². The quantitative estimate of drug-likeness (QED) is 0.507. The summed E-state index contributed by atoms with van der Waals surface area (Å²) >= 11 is 0. The molecule has 0 saturated carbocycles. The van der Waals surface area contributed by atoms with Crippen LogP contribution in [0.5, 0.6) is 0 Å². The van der Waals surface area contributed by atoms with Crippen LogP contribution < -0.4 is 10.6 Å². The van der Waals surface area contributed by atoms with E-state index in [-0.39, 0.29) is 24.4 Å². The van der Waals surface area contributed by atoms with Crippen LogP contribution in [0.3, 0.4) is 0 Å². The highest BCUT2D eigenvalue weighted by atomic mass is 19.1. The highest BCUT2D eigenvalue weighted by Crippen LogP contribution is 2.16. The van der Waals surface area contributed by atoms with E-state index in [2.05, 4.69) is 20.6 Å². The van der Waals surface area contributed by atoms with Crippen LogP contribution in [0.2, 0.25) is 0 Å². The van der Waals surface area contributed by atoms with Crippen molar-refractivity contribution in [3.8, 4) is 0 Å². The van der Waals surface area contributed by atoms with Gasteiger partial charge in [0.2, 0.25) is 0 Å². The van der Waals surface area contributed by atoms with E-state index in [1.54, 1.807) is 18.3 Å². The van der Waals surface area contributed by atoms with E-state index in [1.807, 2.05) is 54.0 Å². The molecule has 2 aromatic heterocycles. The molecule has 1 unspecified atom stereocenters. The summed E-state index contributed by atoms with van der Waals surface area (Å²) in [5, 5.41) is 5.81. The van der Waals surface area contributed by atoms with Crippen LogP contribution in [0.4, 0.5) is 9.18 Å². The molecule has 0 radical (unpaired) electrons. The second-order valence-corrected chi connectivity index (χ2v) is 7.05. The second-order valence-electron chi connectivity index (χ2n) is 7.05. The van der Waals surface area contributed by atoms with E-state index < -0.39 is 0 Å². The first-order chi connectivity index (χ1) is 14.6. The van der Waals surface area contributed by atoms with E-state index in [4.69, 9.17) is 0 Å². The topological polar surface area (TPSA) is 71.8 Å². The third-order valence-corrected chi connectivity index (χ3v) is 4.89. The average Bonchev–Trinajstić information content (AvgIpc) is 3.12. The standard InChI is InChI=1S/C23H22FN5O/c1-16(18-6-3-2-4-7-18)27-23(30)26-14-21-28-20-8-5-13-25-22(20)29(21)15-17-9-11-19(24)12-10-17/h2-13,16H,14-15H2,1H3,(H2,26,27,30). The van der Waals surface area contributed by atoms with Crippen LogP contribution in [0.15, 0.2) is 72.9 Å². The van der Waals surface area contributed by atoms with Gasteiger partial charge in [0, 0.05) is 6.20 Å². The largest absolute Gasteiger partial charge is 0.332 e. The van der Waals surface area contributed by atoms with Crippen molar-refractivity contribution in [3.63, 3.8) is 0 Å². The van der Waals surface area contributed by atoms with Crippen molar-refractivity contribution in [2.24, 2.45) is 0 Å². The lowest BCUT2D eigenvalue weighted by atomic mass is 10.1. The maximum absolute atomic E-state index is 13.2. The summed E-state index contributed by atoms with van der Waals surface area (Å²) in [5.74, 6) is 0.397. The molecule has 7 heteroatoms. The number of fused-ring (bicyclic) bond motifs is 1. The Morgan fingerprint density at radius 1 is 1.07 bits per heavy atom. The number of urea groups is 1. The van der Waals surface area contributed by atoms with E-state index >= 15 is 0 Å². The predicted molar refractivity (Wildman–Crippen MR) is 113 cm³/mol. The van der Waals surface area contributed by atoms with Gasteiger partial charge < -0.3 is 15.2 Å². The zero-order valence-corrected chi connectivity index (χ0v) is 16.5. The lowest BCUT2D eigenvalue weighted by Gasteiger charge is -2.15. The maximum atomic E-state index is 13.2. The Hall–Kier alpha value is -3.74. The van der Waals surface area contributed by atoms with Gasteiger partial charge >= 0.3 is 6.03 Å². The van der Waals surface area contributed by atoms with Gasteiger partial charge in [0.05, 0.1) is 19.1 Å². The van der Waals surface area contributed by atoms with Crippen molar-refractivity contribution < 1.29 is 9.18 Å². The highest BCUT2D eigenvalue weighted by Gasteiger charge is 2.14. The molecule has 2 amide bonds. The molecule has 2 heterocycles. The van der Waals surface area contributed by atoms with Gasteiger partial charge in [-0.15, -0.1) is 0 Å². The molecule has 0 saturated heterocycles. The molecule has 152 valence electrons. The lowest BCUT2D eigenvalue weighted by molar-refractivity contribution is 0.237. The van der Waals surface area contributed by atoms with E-state index in [0.717, 1.165) is 22.3 Å². The van der Waals surface area contributed by atoms with Crippen LogP contribution in [-0.2, 0) is 13.1 Å². The molecule has 0 aliphatic heterocycles. The van der Waals surface area contributed by atoms with Crippen molar-refractivity contribution in [2.45, 2.75) is 26.1 Å². The summed E-state index contributed by atoms with van der Waals surface area (Å²) < 4.78 is 15.2. The molecule has 2 N–H and O–H groups in total. The fourth-order valence-electron chi connectivity index (χ4n) is 3.31. The third kappa shape index (κ3) is 4.46. The van der Waals surface area contributed by atoms with Crippen molar-refractivity contribution in [3.05, 3.63) is 95.7 Å². The normalized spacial score (nSPS) is 11.9. The van der Waals surface area contributed by atoms with Gasteiger partial charge in [0.1, 0.15) is 17.2 Å². The predicted octanol–water partition coefficient (Wildman–Crippen LogP) is 4.18. The number of aromatic nitrogens is 3. The average molecular weight is 403 g/mol. The molecule has 6 nitrogen and oxygen atoms in total. The molecule has 4 aromatic rings. The number of nitrogens with one attached hydrogen (secondary N) is 2. The summed E-state index contributed by atoms with van der Waals surface area (Å²) in [5.41, 5.74) is 3.41. The number of amides is 2. The summed E-state index contributed by atoms with van der Waals surface area (Å²) in [6.45, 7) is 2.65. The SMILES string of the molecule is CC(NC(=O)NCc1nc2cccnc2n1Cc1ccc(F)cc1)c1ccccc1. The number of carbonyl (C=O) groups excluding carboxylic acids is 1. The minimum atomic E-state index is -0.279. The number of halogens is 1. The molecule has 2 aromatic carbocycles. The van der Waals surface area contributed by atoms with Crippen molar-refractivity contribution in [1.82, 2.24) is 25.2 Å². The summed E-state index contributed by atoms with van der Waals surface area (Å²) in [7, 11) is 0. The molecule has 0 fully saturated rings. The van der Waals surface area contributed by atoms with Crippen LogP contribution in [0, 0.1) is 5.82 Å². The Morgan fingerprint density at radius 3 is 2.60 bits per heavy atom. The van der Waals surface area contributed by atoms with Gasteiger partial charge in [-0.3, -0.25) is 0 Å². The monoisotopic (exact) mass is 403 g/mol. The second kappa shape index (κ2) is 8.73. The molecular formula is C23H22FN5O. The number of hydrogen-bond acceptors (Lipinski definition) is 3. The smallest absolute Gasteiger partial charge is 0.315 e. The van der Waals surface area contributed by atoms with Gasteiger partial charge in [-0.2, -0.15) is 0 Å². The van der Waals surface area contributed by atoms with Crippen LogP contribution in [0.25, 0.3) is 11.2 Å². The number of hydrogen-bond donors (Lipinski definition) is 2. The van der Waals surface area contributed by atoms with Gasteiger partial charge in [0.15, 0.2) is 5.65 Å². The molecule has 0 aliphatic carbocycles. The number of imidazole rings is 1. The van der Waals surface area contributed by atoms with Crippen LogP contribution >= 0.6 is 0 Å². The van der Waals surface area contributed by atoms with E-state index in [1.165, 1.54) is 12.1 Å². The number of nitrogens with zero attached hydrogens (tertiary/aromatic N) is 3. The molecule has 0 aliphatic rings. The number of carbonyl (C=O) groups is 1. The number of pyridine rings is 1. The van der Waals surface area contributed by atoms with Crippen molar-refractivity contribution in [1.29, 1.82) is 0 Å². The summed E-state index contributed by atoms with van der Waals surface area (Å²) in [6, 6.07) is 19.4. The Kier molecular flexibility index (Phi) is 5.70. The lowest BCUT2D eigenvalue weighted by Crippen LogP contribution is -2.37. The molecule has 0 bridgehead atoms. The molecular weight excluding hydrogens is 381 g/mol. The highest BCUT2D eigenvalue weighted by molar-refractivity contribution is 5.75. The summed E-state index contributed by atoms with van der Waals surface area (Å²) in [6.07, 6.45) is 1.70. The molecule has 0 spiro atoms. The zero-order valence-electron chi connectivity index (χ0n) is 16.5. The van der Waals surface area contributed by atoms with Crippen molar-refractivity contribution >= 4 is 17.2 Å².